The number of rotatable bonds is 4. The van der Waals surface area contributed by atoms with Gasteiger partial charge in [-0.25, -0.2) is 9.18 Å². The van der Waals surface area contributed by atoms with Gasteiger partial charge in [-0.3, -0.25) is 4.68 Å². The number of nitrogens with zero attached hydrogens (tertiary/aromatic N) is 2. The van der Waals surface area contributed by atoms with E-state index < -0.39 is 12.1 Å². The highest BCUT2D eigenvalue weighted by atomic mass is 19.1. The lowest BCUT2D eigenvalue weighted by molar-refractivity contribution is -0.142. The largest absolute Gasteiger partial charge is 0.479 e. The Morgan fingerprint density at radius 1 is 1.71 bits per heavy atom. The van der Waals surface area contributed by atoms with E-state index >= 15 is 0 Å². The van der Waals surface area contributed by atoms with Crippen LogP contribution in [0.4, 0.5) is 4.39 Å². The minimum absolute atomic E-state index is 0.123. The van der Waals surface area contributed by atoms with E-state index in [1.54, 1.807) is 10.9 Å². The fraction of sp³-hybridized carbons (Fsp3) is 0.556. The molecule has 1 unspecified atom stereocenters. The number of hydrogen-bond donors (Lipinski definition) is 1. The second-order valence-electron chi connectivity index (χ2n) is 3.43. The van der Waals surface area contributed by atoms with Crippen LogP contribution in [-0.2, 0) is 11.2 Å². The summed E-state index contributed by atoms with van der Waals surface area (Å²) < 4.78 is 14.5. The summed E-state index contributed by atoms with van der Waals surface area (Å²) in [4.78, 5) is 10.2. The first-order valence-corrected chi connectivity index (χ1v) is 4.40. The van der Waals surface area contributed by atoms with Crippen molar-refractivity contribution in [2.75, 3.05) is 0 Å². The van der Waals surface area contributed by atoms with Gasteiger partial charge in [0.15, 0.2) is 0 Å². The van der Waals surface area contributed by atoms with Gasteiger partial charge >= 0.3 is 5.97 Å². The fourth-order valence-corrected chi connectivity index (χ4v) is 1.06. The monoisotopic (exact) mass is 200 g/mol. The number of carboxylic acid groups (broad SMARTS) is 1. The van der Waals surface area contributed by atoms with E-state index in [9.17, 15) is 9.18 Å². The first-order valence-electron chi connectivity index (χ1n) is 4.40. The smallest absolute Gasteiger partial charge is 0.338 e. The van der Waals surface area contributed by atoms with Crippen molar-refractivity contribution >= 4 is 5.97 Å². The number of hydrogen-bond acceptors (Lipinski definition) is 2. The van der Waals surface area contributed by atoms with Gasteiger partial charge in [-0.15, -0.1) is 0 Å². The molecule has 1 rings (SSSR count). The average Bonchev–Trinajstić information content (AvgIpc) is 2.52. The van der Waals surface area contributed by atoms with Gasteiger partial charge in [-0.2, -0.15) is 5.10 Å². The van der Waals surface area contributed by atoms with Gasteiger partial charge < -0.3 is 5.11 Å². The van der Waals surface area contributed by atoms with E-state index in [1.165, 1.54) is 6.20 Å². The lowest BCUT2D eigenvalue weighted by Crippen LogP contribution is -2.16. The summed E-state index contributed by atoms with van der Waals surface area (Å²) in [6.45, 7) is 3.89. The molecule has 0 aromatic carbocycles. The molecule has 1 N–H and O–H groups in total. The lowest BCUT2D eigenvalue weighted by atomic mass is 10.2. The summed E-state index contributed by atoms with van der Waals surface area (Å²) in [5.41, 5.74) is 0.605. The maximum Gasteiger partial charge on any atom is 0.338 e. The summed E-state index contributed by atoms with van der Waals surface area (Å²) >= 11 is 0. The van der Waals surface area contributed by atoms with E-state index in [4.69, 9.17) is 5.11 Å². The summed E-state index contributed by atoms with van der Waals surface area (Å²) in [6, 6.07) is 0.201. The van der Waals surface area contributed by atoms with Crippen molar-refractivity contribution in [3.8, 4) is 0 Å². The molecule has 4 nitrogen and oxygen atoms in total. The van der Waals surface area contributed by atoms with Crippen molar-refractivity contribution in [2.45, 2.75) is 32.5 Å². The molecule has 0 amide bonds. The maximum absolute atomic E-state index is 12.8. The molecule has 0 saturated carbocycles. The van der Waals surface area contributed by atoms with Gasteiger partial charge in [0.25, 0.3) is 0 Å². The summed E-state index contributed by atoms with van der Waals surface area (Å²) in [5.74, 6) is -1.43. The van der Waals surface area contributed by atoms with Crippen LogP contribution in [0.2, 0.25) is 0 Å². The molecular weight excluding hydrogens is 187 g/mol. The third kappa shape index (κ3) is 2.55. The first kappa shape index (κ1) is 10.7. The summed E-state index contributed by atoms with van der Waals surface area (Å²) in [7, 11) is 0. The molecule has 0 aliphatic heterocycles. The van der Waals surface area contributed by atoms with Crippen LogP contribution in [0.15, 0.2) is 12.4 Å². The van der Waals surface area contributed by atoms with Crippen molar-refractivity contribution < 1.29 is 14.3 Å². The highest BCUT2D eigenvalue weighted by Crippen LogP contribution is 2.09. The first-order chi connectivity index (χ1) is 6.50. The third-order valence-corrected chi connectivity index (χ3v) is 1.87. The van der Waals surface area contributed by atoms with Crippen LogP contribution in [0, 0.1) is 0 Å². The summed E-state index contributed by atoms with van der Waals surface area (Å²) in [5, 5.41) is 12.3. The van der Waals surface area contributed by atoms with Crippen LogP contribution in [0.25, 0.3) is 0 Å². The van der Waals surface area contributed by atoms with Crippen LogP contribution in [0.5, 0.6) is 0 Å². The van der Waals surface area contributed by atoms with Gasteiger partial charge in [0, 0.05) is 18.7 Å². The molecule has 0 fully saturated rings. The summed E-state index contributed by atoms with van der Waals surface area (Å²) in [6.07, 6.45) is 1.19. The highest BCUT2D eigenvalue weighted by Gasteiger charge is 2.17. The molecule has 0 saturated heterocycles. The Labute approximate surface area is 81.3 Å². The number of carbonyl (C=O) groups is 1. The second kappa shape index (κ2) is 4.21. The van der Waals surface area contributed by atoms with Crippen LogP contribution >= 0.6 is 0 Å². The Hall–Kier alpha value is -1.39. The van der Waals surface area contributed by atoms with Crippen LogP contribution in [-0.4, -0.2) is 27.0 Å². The van der Waals surface area contributed by atoms with Gasteiger partial charge in [-0.1, -0.05) is 0 Å². The minimum Gasteiger partial charge on any atom is -0.479 e. The van der Waals surface area contributed by atoms with E-state index in [2.05, 4.69) is 5.10 Å². The zero-order valence-electron chi connectivity index (χ0n) is 8.14. The fourth-order valence-electron chi connectivity index (χ4n) is 1.06. The Bertz CT molecular complexity index is 322. The van der Waals surface area contributed by atoms with E-state index in [1.807, 2.05) is 13.8 Å². The Morgan fingerprint density at radius 2 is 2.36 bits per heavy atom. The molecule has 1 aromatic rings. The maximum atomic E-state index is 12.8. The van der Waals surface area contributed by atoms with Crippen LogP contribution in [0.3, 0.4) is 0 Å². The zero-order valence-corrected chi connectivity index (χ0v) is 8.14. The molecule has 1 atom stereocenters. The predicted octanol–water partition coefficient (Wildman–Crippen LogP) is 1.43. The van der Waals surface area contributed by atoms with Gasteiger partial charge in [0.2, 0.25) is 6.17 Å². The molecule has 0 spiro atoms. The van der Waals surface area contributed by atoms with Crippen LogP contribution < -0.4 is 0 Å². The second-order valence-corrected chi connectivity index (χ2v) is 3.43. The highest BCUT2D eigenvalue weighted by molar-refractivity contribution is 5.72. The standard InChI is InChI=1S/C9H13FN2O2/c1-6(2)12-5-7(4-11-12)3-8(10)9(13)14/h4-6,8H,3H2,1-2H3,(H,13,14). The number of halogens is 1. The molecule has 0 bridgehead atoms. The van der Waals surface area contributed by atoms with E-state index in [0.29, 0.717) is 5.56 Å². The Balaban J connectivity index is 2.64. The van der Waals surface area contributed by atoms with Crippen molar-refractivity contribution in [2.24, 2.45) is 0 Å². The lowest BCUT2D eigenvalue weighted by Gasteiger charge is -2.03. The zero-order chi connectivity index (χ0) is 10.7. The molecule has 14 heavy (non-hydrogen) atoms. The number of alkyl halides is 1. The normalized spacial score (nSPS) is 13.1. The number of carboxylic acids is 1. The van der Waals surface area contributed by atoms with Crippen molar-refractivity contribution in [1.29, 1.82) is 0 Å². The molecular formula is C9H13FN2O2. The molecule has 1 heterocycles. The number of aromatic nitrogens is 2. The quantitative estimate of drug-likeness (QED) is 0.799. The van der Waals surface area contributed by atoms with E-state index in [0.717, 1.165) is 0 Å². The van der Waals surface area contributed by atoms with Crippen molar-refractivity contribution in [1.82, 2.24) is 9.78 Å². The third-order valence-electron chi connectivity index (χ3n) is 1.87. The van der Waals surface area contributed by atoms with Crippen LogP contribution in [0.1, 0.15) is 25.5 Å². The molecule has 5 heteroatoms. The molecule has 78 valence electrons. The van der Waals surface area contributed by atoms with Gasteiger partial charge in [-0.05, 0) is 19.4 Å². The average molecular weight is 200 g/mol. The van der Waals surface area contributed by atoms with Gasteiger partial charge in [0.05, 0.1) is 6.20 Å². The molecule has 1 aromatic heterocycles. The molecule has 0 aliphatic rings. The van der Waals surface area contributed by atoms with Gasteiger partial charge in [0.1, 0.15) is 0 Å². The van der Waals surface area contributed by atoms with Crippen molar-refractivity contribution in [3.63, 3.8) is 0 Å². The Kier molecular flexibility index (Phi) is 3.22. The van der Waals surface area contributed by atoms with E-state index in [-0.39, 0.29) is 12.5 Å². The molecule has 0 radical (unpaired) electrons. The molecule has 0 aliphatic carbocycles. The predicted molar refractivity (Wildman–Crippen MR) is 48.8 cm³/mol. The Morgan fingerprint density at radius 3 is 2.79 bits per heavy atom. The SMILES string of the molecule is CC(C)n1cc(CC(F)C(=O)O)cn1. The topological polar surface area (TPSA) is 55.1 Å². The number of aliphatic carboxylic acids is 1. The van der Waals surface area contributed by atoms with Crippen molar-refractivity contribution in [3.05, 3.63) is 18.0 Å². The minimum atomic E-state index is -1.85.